The predicted octanol–water partition coefficient (Wildman–Crippen LogP) is 2.40. The minimum absolute atomic E-state index is 0.723. The number of rotatable bonds is 5. The van der Waals surface area contributed by atoms with E-state index in [1.54, 1.807) is 0 Å². The molecule has 0 amide bonds. The van der Waals surface area contributed by atoms with Crippen molar-refractivity contribution in [1.82, 2.24) is 20.0 Å². The van der Waals surface area contributed by atoms with Gasteiger partial charge in [-0.3, -0.25) is 9.58 Å². The van der Waals surface area contributed by atoms with Crippen molar-refractivity contribution < 1.29 is 0 Å². The summed E-state index contributed by atoms with van der Waals surface area (Å²) in [5.41, 5.74) is 1.38. The van der Waals surface area contributed by atoms with Crippen LogP contribution in [-0.2, 0) is 13.1 Å². The summed E-state index contributed by atoms with van der Waals surface area (Å²) in [5, 5.41) is 8.17. The van der Waals surface area contributed by atoms with Crippen LogP contribution in [0.15, 0.2) is 12.4 Å². The fraction of sp³-hybridized carbons (Fsp3) is 0.812. The lowest BCUT2D eigenvalue weighted by Gasteiger charge is -2.39. The number of piperidine rings is 1. The van der Waals surface area contributed by atoms with Crippen LogP contribution in [0, 0.1) is 0 Å². The molecule has 0 radical (unpaired) electrons. The highest BCUT2D eigenvalue weighted by Gasteiger charge is 2.31. The van der Waals surface area contributed by atoms with Gasteiger partial charge in [0.15, 0.2) is 0 Å². The van der Waals surface area contributed by atoms with E-state index in [0.29, 0.717) is 0 Å². The van der Waals surface area contributed by atoms with Gasteiger partial charge < -0.3 is 5.32 Å². The molecule has 1 N–H and O–H groups in total. The molecule has 112 valence electrons. The van der Waals surface area contributed by atoms with E-state index >= 15 is 0 Å². The third-order valence-electron chi connectivity index (χ3n) is 4.75. The van der Waals surface area contributed by atoms with Crippen molar-refractivity contribution in [2.24, 2.45) is 0 Å². The van der Waals surface area contributed by atoms with E-state index < -0.39 is 0 Å². The number of likely N-dealkylation sites (tertiary alicyclic amines) is 1. The van der Waals surface area contributed by atoms with Gasteiger partial charge in [-0.1, -0.05) is 13.3 Å². The first-order valence-electron chi connectivity index (χ1n) is 8.35. The molecule has 4 nitrogen and oxygen atoms in total. The van der Waals surface area contributed by atoms with Crippen LogP contribution in [0.2, 0.25) is 0 Å². The molecule has 0 aromatic carbocycles. The summed E-state index contributed by atoms with van der Waals surface area (Å²) in [6.07, 6.45) is 12.3. The van der Waals surface area contributed by atoms with Gasteiger partial charge in [-0.05, 0) is 45.2 Å². The van der Waals surface area contributed by atoms with Gasteiger partial charge in [-0.15, -0.1) is 0 Å². The average molecular weight is 276 g/mol. The van der Waals surface area contributed by atoms with Gasteiger partial charge in [-0.25, -0.2) is 0 Å². The standard InChI is InChI=1S/C16H28N4/c1-2-9-20-13-14(11-18-20)12-19-10-4-3-7-16(19)15-6-5-8-17-15/h11,13,15-17H,2-10,12H2,1H3. The Morgan fingerprint density at radius 2 is 2.25 bits per heavy atom. The van der Waals surface area contributed by atoms with Crippen LogP contribution in [0.25, 0.3) is 0 Å². The van der Waals surface area contributed by atoms with Gasteiger partial charge in [0, 0.05) is 36.9 Å². The van der Waals surface area contributed by atoms with Crippen molar-refractivity contribution in [3.05, 3.63) is 18.0 Å². The summed E-state index contributed by atoms with van der Waals surface area (Å²) in [6.45, 7) is 6.78. The van der Waals surface area contributed by atoms with Crippen LogP contribution in [0.5, 0.6) is 0 Å². The van der Waals surface area contributed by atoms with E-state index in [-0.39, 0.29) is 0 Å². The molecule has 1 aromatic heterocycles. The summed E-state index contributed by atoms with van der Waals surface area (Å²) in [6, 6.07) is 1.46. The summed E-state index contributed by atoms with van der Waals surface area (Å²) in [5.74, 6) is 0. The van der Waals surface area contributed by atoms with Crippen molar-refractivity contribution in [3.63, 3.8) is 0 Å². The van der Waals surface area contributed by atoms with Crippen LogP contribution >= 0.6 is 0 Å². The van der Waals surface area contributed by atoms with Crippen LogP contribution in [0.4, 0.5) is 0 Å². The molecule has 4 heteroatoms. The van der Waals surface area contributed by atoms with E-state index in [0.717, 1.165) is 31.6 Å². The molecule has 0 bridgehead atoms. The fourth-order valence-electron chi connectivity index (χ4n) is 3.78. The Bertz CT molecular complexity index is 408. The topological polar surface area (TPSA) is 33.1 Å². The SMILES string of the molecule is CCCn1cc(CN2CCCCC2C2CCCN2)cn1. The van der Waals surface area contributed by atoms with E-state index in [1.807, 2.05) is 0 Å². The number of aryl methyl sites for hydroxylation is 1. The van der Waals surface area contributed by atoms with E-state index in [1.165, 1.54) is 50.8 Å². The summed E-state index contributed by atoms with van der Waals surface area (Å²) < 4.78 is 2.09. The molecule has 2 atom stereocenters. The Balaban J connectivity index is 1.63. The van der Waals surface area contributed by atoms with Crippen molar-refractivity contribution in [2.75, 3.05) is 13.1 Å². The summed E-state index contributed by atoms with van der Waals surface area (Å²) >= 11 is 0. The molecule has 3 rings (SSSR count). The largest absolute Gasteiger partial charge is 0.312 e. The van der Waals surface area contributed by atoms with Gasteiger partial charge in [0.1, 0.15) is 0 Å². The number of aromatic nitrogens is 2. The quantitative estimate of drug-likeness (QED) is 0.896. The van der Waals surface area contributed by atoms with E-state index in [9.17, 15) is 0 Å². The van der Waals surface area contributed by atoms with Gasteiger partial charge in [0.05, 0.1) is 6.20 Å². The Labute approximate surface area is 122 Å². The zero-order valence-corrected chi connectivity index (χ0v) is 12.7. The molecule has 2 unspecified atom stereocenters. The molecule has 0 spiro atoms. The third kappa shape index (κ3) is 3.23. The Morgan fingerprint density at radius 1 is 1.30 bits per heavy atom. The Kier molecular flexibility index (Phi) is 4.73. The lowest BCUT2D eigenvalue weighted by molar-refractivity contribution is 0.112. The van der Waals surface area contributed by atoms with Crippen molar-refractivity contribution in [1.29, 1.82) is 0 Å². The minimum Gasteiger partial charge on any atom is -0.312 e. The lowest BCUT2D eigenvalue weighted by Crippen LogP contribution is -2.49. The number of hydrogen-bond donors (Lipinski definition) is 1. The molecule has 0 saturated carbocycles. The molecule has 3 heterocycles. The Morgan fingerprint density at radius 3 is 3.05 bits per heavy atom. The molecule has 2 aliphatic heterocycles. The van der Waals surface area contributed by atoms with Crippen molar-refractivity contribution >= 4 is 0 Å². The lowest BCUT2D eigenvalue weighted by atomic mass is 9.94. The highest BCUT2D eigenvalue weighted by Crippen LogP contribution is 2.25. The molecule has 20 heavy (non-hydrogen) atoms. The van der Waals surface area contributed by atoms with Gasteiger partial charge in [0.2, 0.25) is 0 Å². The van der Waals surface area contributed by atoms with E-state index in [4.69, 9.17) is 0 Å². The monoisotopic (exact) mass is 276 g/mol. The number of nitrogens with zero attached hydrogens (tertiary/aromatic N) is 3. The first-order valence-corrected chi connectivity index (χ1v) is 8.35. The number of hydrogen-bond acceptors (Lipinski definition) is 3. The van der Waals surface area contributed by atoms with Crippen molar-refractivity contribution in [3.8, 4) is 0 Å². The predicted molar refractivity (Wildman–Crippen MR) is 81.6 cm³/mol. The highest BCUT2D eigenvalue weighted by molar-refractivity contribution is 5.05. The maximum absolute atomic E-state index is 4.47. The first kappa shape index (κ1) is 14.1. The van der Waals surface area contributed by atoms with E-state index in [2.05, 4.69) is 39.3 Å². The second-order valence-electron chi connectivity index (χ2n) is 6.35. The molecule has 2 saturated heterocycles. The zero-order valence-electron chi connectivity index (χ0n) is 12.7. The smallest absolute Gasteiger partial charge is 0.0534 e. The molecular formula is C16H28N4. The average Bonchev–Trinajstić information content (AvgIpc) is 3.12. The van der Waals surface area contributed by atoms with Gasteiger partial charge in [-0.2, -0.15) is 5.10 Å². The van der Waals surface area contributed by atoms with Crippen LogP contribution in [0.3, 0.4) is 0 Å². The molecule has 2 aliphatic rings. The number of nitrogens with one attached hydrogen (secondary N) is 1. The third-order valence-corrected chi connectivity index (χ3v) is 4.75. The first-order chi connectivity index (χ1) is 9.86. The Hall–Kier alpha value is -0.870. The second-order valence-corrected chi connectivity index (χ2v) is 6.35. The summed E-state index contributed by atoms with van der Waals surface area (Å²) in [4.78, 5) is 2.69. The fourth-order valence-corrected chi connectivity index (χ4v) is 3.78. The zero-order chi connectivity index (χ0) is 13.8. The van der Waals surface area contributed by atoms with Crippen molar-refractivity contribution in [2.45, 2.75) is 70.6 Å². The van der Waals surface area contributed by atoms with Gasteiger partial charge >= 0.3 is 0 Å². The molecule has 0 aliphatic carbocycles. The second kappa shape index (κ2) is 6.72. The van der Waals surface area contributed by atoms with Crippen LogP contribution in [0.1, 0.15) is 51.0 Å². The van der Waals surface area contributed by atoms with Crippen LogP contribution in [-0.4, -0.2) is 39.9 Å². The summed E-state index contributed by atoms with van der Waals surface area (Å²) in [7, 11) is 0. The molecule has 1 aromatic rings. The maximum atomic E-state index is 4.47. The highest BCUT2D eigenvalue weighted by atomic mass is 15.3. The molecule has 2 fully saturated rings. The molecular weight excluding hydrogens is 248 g/mol. The normalized spacial score (nSPS) is 28.1. The maximum Gasteiger partial charge on any atom is 0.0534 e. The van der Waals surface area contributed by atoms with Crippen LogP contribution < -0.4 is 5.32 Å². The minimum atomic E-state index is 0.723. The van der Waals surface area contributed by atoms with Gasteiger partial charge in [0.25, 0.3) is 0 Å².